The van der Waals surface area contributed by atoms with Crippen molar-refractivity contribution in [2.45, 2.75) is 25.5 Å². The van der Waals surface area contributed by atoms with Gasteiger partial charge in [0.15, 0.2) is 6.10 Å². The molecule has 0 aliphatic carbocycles. The zero-order chi connectivity index (χ0) is 9.02. The number of carbonyl (C=O) groups is 1. The lowest BCUT2D eigenvalue weighted by Gasteiger charge is -2.24. The standard InChI is InChI=1S/C7H15NO3/c1-4-5(8(2)3)6(9)7(10)11/h5-6,9H,4H2,1-3H3,(H,10,11). The Balaban J connectivity index is 4.13. The van der Waals surface area contributed by atoms with Crippen molar-refractivity contribution in [3.05, 3.63) is 0 Å². The van der Waals surface area contributed by atoms with E-state index in [-0.39, 0.29) is 6.04 Å². The Bertz CT molecular complexity index is 136. The highest BCUT2D eigenvalue weighted by molar-refractivity contribution is 5.72. The van der Waals surface area contributed by atoms with Gasteiger partial charge in [-0.2, -0.15) is 0 Å². The van der Waals surface area contributed by atoms with Crippen LogP contribution in [0.5, 0.6) is 0 Å². The van der Waals surface area contributed by atoms with Crippen LogP contribution < -0.4 is 0 Å². The molecule has 0 rings (SSSR count). The monoisotopic (exact) mass is 161 g/mol. The van der Waals surface area contributed by atoms with E-state index in [1.807, 2.05) is 6.92 Å². The summed E-state index contributed by atoms with van der Waals surface area (Å²) < 4.78 is 0. The molecule has 66 valence electrons. The summed E-state index contributed by atoms with van der Waals surface area (Å²) in [5.41, 5.74) is 0. The molecule has 4 heteroatoms. The van der Waals surface area contributed by atoms with E-state index in [2.05, 4.69) is 0 Å². The SMILES string of the molecule is CCC(C(O)C(=O)O)N(C)C. The maximum Gasteiger partial charge on any atom is 0.334 e. The maximum absolute atomic E-state index is 10.3. The number of carboxylic acid groups (broad SMARTS) is 1. The van der Waals surface area contributed by atoms with Gasteiger partial charge >= 0.3 is 5.97 Å². The lowest BCUT2D eigenvalue weighted by molar-refractivity contribution is -0.150. The molecule has 0 aliphatic rings. The Morgan fingerprint density at radius 1 is 1.55 bits per heavy atom. The number of aliphatic carboxylic acids is 1. The highest BCUT2D eigenvalue weighted by Crippen LogP contribution is 2.04. The third-order valence-corrected chi connectivity index (χ3v) is 1.70. The van der Waals surface area contributed by atoms with Crippen molar-refractivity contribution in [3.63, 3.8) is 0 Å². The predicted octanol–water partition coefficient (Wildman–Crippen LogP) is -0.228. The van der Waals surface area contributed by atoms with E-state index in [1.165, 1.54) is 0 Å². The molecule has 11 heavy (non-hydrogen) atoms. The quantitative estimate of drug-likeness (QED) is 0.598. The normalized spacial score (nSPS) is 16.5. The smallest absolute Gasteiger partial charge is 0.334 e. The van der Waals surface area contributed by atoms with Gasteiger partial charge in [-0.1, -0.05) is 6.92 Å². The fraction of sp³-hybridized carbons (Fsp3) is 0.857. The molecule has 2 N–H and O–H groups in total. The fourth-order valence-electron chi connectivity index (χ4n) is 1.04. The summed E-state index contributed by atoms with van der Waals surface area (Å²) in [5.74, 6) is -1.16. The minimum Gasteiger partial charge on any atom is -0.479 e. The minimum atomic E-state index is -1.28. The zero-order valence-corrected chi connectivity index (χ0v) is 7.11. The third kappa shape index (κ3) is 2.86. The van der Waals surface area contributed by atoms with Crippen molar-refractivity contribution in [1.82, 2.24) is 4.90 Å². The lowest BCUT2D eigenvalue weighted by Crippen LogP contribution is -2.43. The first kappa shape index (κ1) is 10.4. The van der Waals surface area contributed by atoms with E-state index in [4.69, 9.17) is 10.2 Å². The molecule has 0 radical (unpaired) electrons. The molecule has 0 spiro atoms. The van der Waals surface area contributed by atoms with Gasteiger partial charge in [-0.15, -0.1) is 0 Å². The molecule has 0 aromatic rings. The van der Waals surface area contributed by atoms with Crippen LogP contribution in [0.25, 0.3) is 0 Å². The molecular weight excluding hydrogens is 146 g/mol. The summed E-state index contributed by atoms with van der Waals surface area (Å²) in [6.07, 6.45) is -0.657. The Kier molecular flexibility index (Phi) is 4.07. The van der Waals surface area contributed by atoms with Crippen LogP contribution in [0, 0.1) is 0 Å². The Labute approximate surface area is 66.4 Å². The van der Waals surface area contributed by atoms with Gasteiger partial charge in [-0.05, 0) is 20.5 Å². The van der Waals surface area contributed by atoms with E-state index in [0.29, 0.717) is 6.42 Å². The first-order valence-electron chi connectivity index (χ1n) is 3.58. The molecule has 0 heterocycles. The van der Waals surface area contributed by atoms with E-state index >= 15 is 0 Å². The molecular formula is C7H15NO3. The maximum atomic E-state index is 10.3. The van der Waals surface area contributed by atoms with Gasteiger partial charge in [-0.3, -0.25) is 0 Å². The molecule has 0 aromatic carbocycles. The second-order valence-electron chi connectivity index (χ2n) is 2.72. The topological polar surface area (TPSA) is 60.8 Å². The zero-order valence-electron chi connectivity index (χ0n) is 7.11. The first-order valence-corrected chi connectivity index (χ1v) is 3.58. The molecule has 4 nitrogen and oxygen atoms in total. The number of hydrogen-bond acceptors (Lipinski definition) is 3. The van der Waals surface area contributed by atoms with Crippen LogP contribution in [0.3, 0.4) is 0 Å². The third-order valence-electron chi connectivity index (χ3n) is 1.70. The second-order valence-corrected chi connectivity index (χ2v) is 2.72. The van der Waals surface area contributed by atoms with Crippen molar-refractivity contribution in [1.29, 1.82) is 0 Å². The average molecular weight is 161 g/mol. The molecule has 0 aliphatic heterocycles. The number of carboxylic acids is 1. The van der Waals surface area contributed by atoms with Crippen LogP contribution >= 0.6 is 0 Å². The van der Waals surface area contributed by atoms with Gasteiger partial charge in [0.05, 0.1) is 0 Å². The number of rotatable bonds is 4. The largest absolute Gasteiger partial charge is 0.479 e. The van der Waals surface area contributed by atoms with Crippen molar-refractivity contribution < 1.29 is 15.0 Å². The lowest BCUT2D eigenvalue weighted by atomic mass is 10.1. The first-order chi connectivity index (χ1) is 5.00. The Morgan fingerprint density at radius 2 is 2.00 bits per heavy atom. The summed E-state index contributed by atoms with van der Waals surface area (Å²) >= 11 is 0. The van der Waals surface area contributed by atoms with Crippen molar-refractivity contribution in [2.75, 3.05) is 14.1 Å². The molecule has 0 bridgehead atoms. The van der Waals surface area contributed by atoms with Crippen molar-refractivity contribution >= 4 is 5.97 Å². The molecule has 0 saturated heterocycles. The molecule has 0 aromatic heterocycles. The summed E-state index contributed by atoms with van der Waals surface area (Å²) in [5, 5.41) is 17.6. The minimum absolute atomic E-state index is 0.299. The summed E-state index contributed by atoms with van der Waals surface area (Å²) in [4.78, 5) is 12.0. The van der Waals surface area contributed by atoms with Crippen LogP contribution in [-0.4, -0.2) is 47.3 Å². The van der Waals surface area contributed by atoms with Gasteiger partial charge < -0.3 is 15.1 Å². The number of aliphatic hydroxyl groups is 1. The van der Waals surface area contributed by atoms with E-state index < -0.39 is 12.1 Å². The number of nitrogens with zero attached hydrogens (tertiary/aromatic N) is 1. The molecule has 2 unspecified atom stereocenters. The van der Waals surface area contributed by atoms with Crippen LogP contribution in [-0.2, 0) is 4.79 Å². The van der Waals surface area contributed by atoms with Crippen LogP contribution in [0.1, 0.15) is 13.3 Å². The molecule has 2 atom stereocenters. The summed E-state index contributed by atoms with van der Waals surface area (Å²) in [6, 6.07) is -0.299. The predicted molar refractivity (Wildman–Crippen MR) is 41.4 cm³/mol. The summed E-state index contributed by atoms with van der Waals surface area (Å²) in [7, 11) is 3.50. The molecule has 0 saturated carbocycles. The average Bonchev–Trinajstić information content (AvgIpc) is 1.88. The number of likely N-dealkylation sites (N-methyl/N-ethyl adjacent to an activating group) is 1. The second kappa shape index (κ2) is 4.31. The Hall–Kier alpha value is -0.610. The highest BCUT2D eigenvalue weighted by atomic mass is 16.4. The van der Waals surface area contributed by atoms with Crippen LogP contribution in [0.4, 0.5) is 0 Å². The van der Waals surface area contributed by atoms with Crippen LogP contribution in [0.2, 0.25) is 0 Å². The highest BCUT2D eigenvalue weighted by Gasteiger charge is 2.25. The van der Waals surface area contributed by atoms with E-state index in [0.717, 1.165) is 0 Å². The number of aliphatic hydroxyl groups excluding tert-OH is 1. The van der Waals surface area contributed by atoms with Gasteiger partial charge in [0.1, 0.15) is 0 Å². The fourth-order valence-corrected chi connectivity index (χ4v) is 1.04. The van der Waals surface area contributed by atoms with Gasteiger partial charge in [0.2, 0.25) is 0 Å². The van der Waals surface area contributed by atoms with E-state index in [1.54, 1.807) is 19.0 Å². The Morgan fingerprint density at radius 3 is 2.09 bits per heavy atom. The van der Waals surface area contributed by atoms with Gasteiger partial charge in [0.25, 0.3) is 0 Å². The number of hydrogen-bond donors (Lipinski definition) is 2. The van der Waals surface area contributed by atoms with E-state index in [9.17, 15) is 4.79 Å². The van der Waals surface area contributed by atoms with Gasteiger partial charge in [0, 0.05) is 6.04 Å². The van der Waals surface area contributed by atoms with Crippen molar-refractivity contribution in [3.8, 4) is 0 Å². The van der Waals surface area contributed by atoms with Gasteiger partial charge in [-0.25, -0.2) is 4.79 Å². The summed E-state index contributed by atoms with van der Waals surface area (Å²) in [6.45, 7) is 1.84. The molecule has 0 fully saturated rings. The van der Waals surface area contributed by atoms with Crippen molar-refractivity contribution in [2.24, 2.45) is 0 Å². The van der Waals surface area contributed by atoms with Crippen LogP contribution in [0.15, 0.2) is 0 Å². The molecule has 0 amide bonds.